The minimum Gasteiger partial charge on any atom is -0.372 e. The van der Waals surface area contributed by atoms with Gasteiger partial charge in [-0.25, -0.2) is 9.37 Å². The number of rotatable bonds is 4. The van der Waals surface area contributed by atoms with E-state index in [0.717, 1.165) is 0 Å². The predicted octanol–water partition coefficient (Wildman–Crippen LogP) is 2.82. The van der Waals surface area contributed by atoms with Crippen LogP contribution in [0.4, 0.5) is 17.6 Å². The smallest absolute Gasteiger partial charge is 0.372 e. The van der Waals surface area contributed by atoms with Gasteiger partial charge in [0.05, 0.1) is 17.6 Å². The summed E-state index contributed by atoms with van der Waals surface area (Å²) in [4.78, 5) is 6.93. The van der Waals surface area contributed by atoms with Crippen molar-refractivity contribution in [3.63, 3.8) is 0 Å². The maximum Gasteiger partial charge on any atom is 0.411 e. The first kappa shape index (κ1) is 12.8. The van der Waals surface area contributed by atoms with Crippen molar-refractivity contribution >= 4 is 11.0 Å². The summed E-state index contributed by atoms with van der Waals surface area (Å²) in [5, 5.41) is 0. The number of nitrogens with zero attached hydrogens (tertiary/aromatic N) is 1. The maximum absolute atomic E-state index is 12.9. The molecule has 0 aliphatic carbocycles. The van der Waals surface area contributed by atoms with Gasteiger partial charge in [0.2, 0.25) is 0 Å². The number of halogens is 4. The van der Waals surface area contributed by atoms with Gasteiger partial charge in [0.25, 0.3) is 0 Å². The Balaban J connectivity index is 1.92. The van der Waals surface area contributed by atoms with Gasteiger partial charge in [0.15, 0.2) is 0 Å². The Hall–Kier alpha value is -1.63. The highest BCUT2D eigenvalue weighted by Gasteiger charge is 2.27. The lowest BCUT2D eigenvalue weighted by Gasteiger charge is -2.06. The van der Waals surface area contributed by atoms with E-state index in [1.807, 2.05) is 0 Å². The van der Waals surface area contributed by atoms with Crippen LogP contribution in [0, 0.1) is 5.82 Å². The van der Waals surface area contributed by atoms with Crippen LogP contribution >= 0.6 is 0 Å². The first-order chi connectivity index (χ1) is 8.44. The molecular weight excluding hydrogens is 252 g/mol. The number of hydrogen-bond donors (Lipinski definition) is 1. The van der Waals surface area contributed by atoms with Gasteiger partial charge in [0, 0.05) is 6.42 Å². The highest BCUT2D eigenvalue weighted by molar-refractivity contribution is 5.74. The third kappa shape index (κ3) is 3.43. The van der Waals surface area contributed by atoms with Gasteiger partial charge < -0.3 is 9.72 Å². The molecule has 18 heavy (non-hydrogen) atoms. The van der Waals surface area contributed by atoms with E-state index >= 15 is 0 Å². The SMILES string of the molecule is Fc1ccc2nc(CCOCC(F)(F)F)[nH]c2c1. The van der Waals surface area contributed by atoms with Crippen molar-refractivity contribution in [2.75, 3.05) is 13.2 Å². The van der Waals surface area contributed by atoms with Crippen molar-refractivity contribution in [3.05, 3.63) is 29.8 Å². The normalized spacial score (nSPS) is 12.2. The molecule has 2 aromatic rings. The van der Waals surface area contributed by atoms with Gasteiger partial charge in [-0.1, -0.05) is 0 Å². The van der Waals surface area contributed by atoms with Crippen molar-refractivity contribution < 1.29 is 22.3 Å². The number of ether oxygens (including phenoxy) is 1. The second-order valence-electron chi connectivity index (χ2n) is 3.76. The second-order valence-corrected chi connectivity index (χ2v) is 3.76. The van der Waals surface area contributed by atoms with E-state index < -0.39 is 18.6 Å². The highest BCUT2D eigenvalue weighted by Crippen LogP contribution is 2.15. The lowest BCUT2D eigenvalue weighted by atomic mass is 10.3. The van der Waals surface area contributed by atoms with Crippen LogP contribution in [0.3, 0.4) is 0 Å². The molecule has 0 bridgehead atoms. The number of benzene rings is 1. The summed E-state index contributed by atoms with van der Waals surface area (Å²) >= 11 is 0. The second kappa shape index (κ2) is 4.93. The van der Waals surface area contributed by atoms with Crippen LogP contribution in [0.5, 0.6) is 0 Å². The quantitative estimate of drug-likeness (QED) is 0.679. The molecule has 7 heteroatoms. The molecule has 1 aromatic heterocycles. The first-order valence-corrected chi connectivity index (χ1v) is 5.23. The third-order valence-corrected chi connectivity index (χ3v) is 2.24. The summed E-state index contributed by atoms with van der Waals surface area (Å²) in [5.41, 5.74) is 1.09. The van der Waals surface area contributed by atoms with E-state index in [9.17, 15) is 17.6 Å². The summed E-state index contributed by atoms with van der Waals surface area (Å²) in [7, 11) is 0. The van der Waals surface area contributed by atoms with Crippen molar-refractivity contribution in [1.29, 1.82) is 0 Å². The first-order valence-electron chi connectivity index (χ1n) is 5.23. The molecule has 0 saturated carbocycles. The minimum atomic E-state index is -4.32. The third-order valence-electron chi connectivity index (χ3n) is 2.24. The Morgan fingerprint density at radius 2 is 2.06 bits per heavy atom. The number of aromatic amines is 1. The molecule has 0 radical (unpaired) electrons. The average molecular weight is 262 g/mol. The average Bonchev–Trinajstić information content (AvgIpc) is 2.65. The van der Waals surface area contributed by atoms with Gasteiger partial charge in [-0.2, -0.15) is 13.2 Å². The summed E-state index contributed by atoms with van der Waals surface area (Å²) in [6, 6.07) is 4.05. The van der Waals surface area contributed by atoms with Crippen LogP contribution in [0.2, 0.25) is 0 Å². The number of imidazole rings is 1. The molecule has 1 heterocycles. The van der Waals surface area contributed by atoms with Crippen molar-refractivity contribution in [2.45, 2.75) is 12.6 Å². The van der Waals surface area contributed by atoms with Crippen LogP contribution in [0.1, 0.15) is 5.82 Å². The number of fused-ring (bicyclic) bond motifs is 1. The van der Waals surface area contributed by atoms with Crippen LogP contribution in [-0.4, -0.2) is 29.4 Å². The van der Waals surface area contributed by atoms with Crippen molar-refractivity contribution in [2.24, 2.45) is 0 Å². The standard InChI is InChI=1S/C11H10F4N2O/c12-7-1-2-8-9(5-7)17-10(16-8)3-4-18-6-11(13,14)15/h1-2,5H,3-4,6H2,(H,16,17). The van der Waals surface area contributed by atoms with Crippen LogP contribution in [0.25, 0.3) is 11.0 Å². The van der Waals surface area contributed by atoms with Gasteiger partial charge in [0.1, 0.15) is 18.2 Å². The Morgan fingerprint density at radius 1 is 1.28 bits per heavy atom. The number of aromatic nitrogens is 2. The zero-order valence-electron chi connectivity index (χ0n) is 9.22. The lowest BCUT2D eigenvalue weighted by molar-refractivity contribution is -0.173. The number of alkyl halides is 3. The summed E-state index contributed by atoms with van der Waals surface area (Å²) in [5.74, 6) is 0.0730. The molecule has 0 aliphatic rings. The molecule has 0 aliphatic heterocycles. The summed E-state index contributed by atoms with van der Waals surface area (Å²) in [6.07, 6.45) is -4.11. The molecule has 0 fully saturated rings. The van der Waals surface area contributed by atoms with Crippen LogP contribution in [0.15, 0.2) is 18.2 Å². The topological polar surface area (TPSA) is 37.9 Å². The molecule has 0 unspecified atom stereocenters. The fourth-order valence-corrected chi connectivity index (χ4v) is 1.51. The van der Waals surface area contributed by atoms with Gasteiger partial charge in [-0.15, -0.1) is 0 Å². The maximum atomic E-state index is 12.9. The molecule has 0 spiro atoms. The molecule has 1 N–H and O–H groups in total. The highest BCUT2D eigenvalue weighted by atomic mass is 19.4. The van der Waals surface area contributed by atoms with E-state index in [4.69, 9.17) is 0 Å². The van der Waals surface area contributed by atoms with E-state index in [-0.39, 0.29) is 13.0 Å². The number of H-pyrrole nitrogens is 1. The van der Waals surface area contributed by atoms with Crippen molar-refractivity contribution in [3.8, 4) is 0 Å². The molecule has 0 amide bonds. The summed E-state index contributed by atoms with van der Waals surface area (Å²) < 4.78 is 52.8. The molecular formula is C11H10F4N2O. The Kier molecular flexibility index (Phi) is 3.51. The van der Waals surface area contributed by atoms with Gasteiger partial charge in [-0.3, -0.25) is 0 Å². The zero-order valence-corrected chi connectivity index (χ0v) is 9.22. The Morgan fingerprint density at radius 3 is 2.78 bits per heavy atom. The molecule has 0 atom stereocenters. The molecule has 3 nitrogen and oxygen atoms in total. The molecule has 98 valence electrons. The lowest BCUT2D eigenvalue weighted by Crippen LogP contribution is -2.18. The zero-order chi connectivity index (χ0) is 13.2. The van der Waals surface area contributed by atoms with E-state index in [1.54, 1.807) is 0 Å². The van der Waals surface area contributed by atoms with Crippen molar-refractivity contribution in [1.82, 2.24) is 9.97 Å². The van der Waals surface area contributed by atoms with E-state index in [1.165, 1.54) is 18.2 Å². The molecule has 2 rings (SSSR count). The fraction of sp³-hybridized carbons (Fsp3) is 0.364. The minimum absolute atomic E-state index is 0.0954. The Labute approximate surface area is 99.8 Å². The number of hydrogen-bond acceptors (Lipinski definition) is 2. The fourth-order valence-electron chi connectivity index (χ4n) is 1.51. The number of nitrogens with one attached hydrogen (secondary N) is 1. The van der Waals surface area contributed by atoms with E-state index in [0.29, 0.717) is 16.9 Å². The predicted molar refractivity (Wildman–Crippen MR) is 56.6 cm³/mol. The molecule has 0 saturated heterocycles. The van der Waals surface area contributed by atoms with E-state index in [2.05, 4.69) is 14.7 Å². The molecule has 1 aromatic carbocycles. The summed E-state index contributed by atoms with van der Waals surface area (Å²) in [6.45, 7) is -1.37. The van der Waals surface area contributed by atoms with Crippen LogP contribution < -0.4 is 0 Å². The van der Waals surface area contributed by atoms with Crippen LogP contribution in [-0.2, 0) is 11.2 Å². The monoisotopic (exact) mass is 262 g/mol. The van der Waals surface area contributed by atoms with Gasteiger partial charge >= 0.3 is 6.18 Å². The van der Waals surface area contributed by atoms with Gasteiger partial charge in [-0.05, 0) is 18.2 Å². The Bertz CT molecular complexity index is 535. The largest absolute Gasteiger partial charge is 0.411 e.